The van der Waals surface area contributed by atoms with Crippen LogP contribution in [-0.4, -0.2) is 29.3 Å². The minimum absolute atomic E-state index is 0.0184. The molecule has 0 aliphatic rings. The van der Waals surface area contributed by atoms with E-state index in [-0.39, 0.29) is 5.78 Å². The molecule has 0 aliphatic heterocycles. The van der Waals surface area contributed by atoms with Gasteiger partial charge < -0.3 is 4.42 Å². The lowest BCUT2D eigenvalue weighted by Gasteiger charge is -2.14. The van der Waals surface area contributed by atoms with E-state index in [1.165, 1.54) is 6.26 Å². The van der Waals surface area contributed by atoms with Crippen molar-refractivity contribution in [3.05, 3.63) is 53.7 Å². The quantitative estimate of drug-likeness (QED) is 0.757. The molecule has 4 nitrogen and oxygen atoms in total. The molecule has 0 N–H and O–H groups in total. The van der Waals surface area contributed by atoms with Crippen molar-refractivity contribution in [3.8, 4) is 0 Å². The molecule has 0 atom stereocenters. The Morgan fingerprint density at radius 3 is 2.83 bits per heavy atom. The zero-order chi connectivity index (χ0) is 13.0. The summed E-state index contributed by atoms with van der Waals surface area (Å²) in [6, 6.07) is 9.29. The van der Waals surface area contributed by atoms with Crippen molar-refractivity contribution in [2.75, 3.05) is 13.6 Å². The Morgan fingerprint density at radius 1 is 1.33 bits per heavy atom. The number of ketones is 1. The van der Waals surface area contributed by atoms with Crippen molar-refractivity contribution >= 4 is 5.78 Å². The van der Waals surface area contributed by atoms with Crippen molar-refractivity contribution < 1.29 is 9.21 Å². The van der Waals surface area contributed by atoms with Gasteiger partial charge in [0.15, 0.2) is 5.76 Å². The first-order valence-corrected chi connectivity index (χ1v) is 5.83. The van der Waals surface area contributed by atoms with Crippen LogP contribution in [0.25, 0.3) is 0 Å². The fraction of sp³-hybridized carbons (Fsp3) is 0.286. The molecule has 0 aromatic carbocycles. The Labute approximate surface area is 106 Å². The molecule has 18 heavy (non-hydrogen) atoms. The molecule has 0 unspecified atom stereocenters. The number of pyridine rings is 1. The van der Waals surface area contributed by atoms with Gasteiger partial charge in [-0.05, 0) is 38.2 Å². The van der Waals surface area contributed by atoms with Crippen LogP contribution in [0.2, 0.25) is 0 Å². The van der Waals surface area contributed by atoms with Gasteiger partial charge in [0.05, 0.1) is 18.5 Å². The van der Waals surface area contributed by atoms with E-state index in [0.717, 1.165) is 11.4 Å². The van der Waals surface area contributed by atoms with Gasteiger partial charge in [0.25, 0.3) is 0 Å². The first kappa shape index (κ1) is 12.5. The van der Waals surface area contributed by atoms with E-state index >= 15 is 0 Å². The lowest BCUT2D eigenvalue weighted by Crippen LogP contribution is -2.25. The number of likely N-dealkylation sites (N-methyl/N-ethyl adjacent to an activating group) is 1. The largest absolute Gasteiger partial charge is 0.461 e. The highest BCUT2D eigenvalue weighted by molar-refractivity contribution is 5.94. The predicted octanol–water partition coefficient (Wildman–Crippen LogP) is 2.30. The second kappa shape index (κ2) is 5.60. The summed E-state index contributed by atoms with van der Waals surface area (Å²) in [6.45, 7) is 2.93. The number of rotatable bonds is 5. The Morgan fingerprint density at radius 2 is 2.17 bits per heavy atom. The number of carbonyl (C=O) groups excluding carboxylic acids is 1. The highest BCUT2D eigenvalue weighted by Gasteiger charge is 2.12. The molecular formula is C14H16N2O2. The predicted molar refractivity (Wildman–Crippen MR) is 68.3 cm³/mol. The summed E-state index contributed by atoms with van der Waals surface area (Å²) in [4.78, 5) is 18.1. The number of nitrogens with zero attached hydrogens (tertiary/aromatic N) is 2. The third-order valence-electron chi connectivity index (χ3n) is 2.59. The third-order valence-corrected chi connectivity index (χ3v) is 2.59. The van der Waals surface area contributed by atoms with Gasteiger partial charge in [-0.15, -0.1) is 0 Å². The number of aryl methyl sites for hydroxylation is 1. The Hall–Kier alpha value is -1.94. The summed E-state index contributed by atoms with van der Waals surface area (Å²) in [5, 5.41) is 0. The Balaban J connectivity index is 1.93. The average Bonchev–Trinajstić information content (AvgIpc) is 2.81. The van der Waals surface area contributed by atoms with Gasteiger partial charge in [0.2, 0.25) is 5.78 Å². The molecule has 0 bridgehead atoms. The van der Waals surface area contributed by atoms with E-state index in [9.17, 15) is 4.79 Å². The van der Waals surface area contributed by atoms with Crippen LogP contribution < -0.4 is 0 Å². The van der Waals surface area contributed by atoms with Crippen LogP contribution in [-0.2, 0) is 6.54 Å². The summed E-state index contributed by atoms with van der Waals surface area (Å²) in [6.07, 6.45) is 1.51. The molecule has 2 aromatic rings. The van der Waals surface area contributed by atoms with Crippen molar-refractivity contribution in [2.45, 2.75) is 13.5 Å². The highest BCUT2D eigenvalue weighted by atomic mass is 16.3. The molecular weight excluding hydrogens is 228 g/mol. The molecule has 0 fully saturated rings. The van der Waals surface area contributed by atoms with Gasteiger partial charge >= 0.3 is 0 Å². The van der Waals surface area contributed by atoms with Gasteiger partial charge in [-0.25, -0.2) is 0 Å². The van der Waals surface area contributed by atoms with Crippen LogP contribution in [0.4, 0.5) is 0 Å². The van der Waals surface area contributed by atoms with Crippen molar-refractivity contribution in [1.29, 1.82) is 0 Å². The number of Topliss-reactive ketones (excluding diaryl/α,β-unsaturated/α-hetero) is 1. The van der Waals surface area contributed by atoms with E-state index in [1.54, 1.807) is 12.1 Å². The van der Waals surface area contributed by atoms with Crippen LogP contribution >= 0.6 is 0 Å². The number of furan rings is 1. The number of carbonyl (C=O) groups is 1. The number of hydrogen-bond donors (Lipinski definition) is 0. The standard InChI is InChI=1S/C14H16N2O2/c1-11-5-3-6-12(15-11)9-16(2)10-13(17)14-7-4-8-18-14/h3-8H,9-10H2,1-2H3. The molecule has 0 saturated heterocycles. The van der Waals surface area contributed by atoms with Crippen LogP contribution in [0.5, 0.6) is 0 Å². The summed E-state index contributed by atoms with van der Waals surface area (Å²) >= 11 is 0. The first-order valence-electron chi connectivity index (χ1n) is 5.83. The molecule has 4 heteroatoms. The van der Waals surface area contributed by atoms with E-state index in [1.807, 2.05) is 37.1 Å². The molecule has 0 amide bonds. The van der Waals surface area contributed by atoms with Gasteiger partial charge in [0, 0.05) is 12.2 Å². The molecule has 0 aliphatic carbocycles. The van der Waals surface area contributed by atoms with Crippen molar-refractivity contribution in [1.82, 2.24) is 9.88 Å². The molecule has 0 saturated carbocycles. The maximum absolute atomic E-state index is 11.8. The van der Waals surface area contributed by atoms with Gasteiger partial charge in [0.1, 0.15) is 0 Å². The summed E-state index contributed by atoms with van der Waals surface area (Å²) in [5.74, 6) is 0.384. The summed E-state index contributed by atoms with van der Waals surface area (Å²) in [5.41, 5.74) is 1.95. The van der Waals surface area contributed by atoms with E-state index < -0.39 is 0 Å². The van der Waals surface area contributed by atoms with Crippen molar-refractivity contribution in [2.24, 2.45) is 0 Å². The van der Waals surface area contributed by atoms with Crippen LogP contribution in [0.15, 0.2) is 41.0 Å². The summed E-state index contributed by atoms with van der Waals surface area (Å²) < 4.78 is 5.07. The molecule has 2 heterocycles. The molecule has 0 spiro atoms. The maximum atomic E-state index is 11.8. The van der Waals surface area contributed by atoms with Crippen LogP contribution in [0, 0.1) is 6.92 Å². The van der Waals surface area contributed by atoms with E-state index in [4.69, 9.17) is 4.42 Å². The van der Waals surface area contributed by atoms with Gasteiger partial charge in [-0.1, -0.05) is 6.07 Å². The van der Waals surface area contributed by atoms with Gasteiger partial charge in [-0.2, -0.15) is 0 Å². The smallest absolute Gasteiger partial charge is 0.211 e. The molecule has 94 valence electrons. The minimum Gasteiger partial charge on any atom is -0.461 e. The Bertz CT molecular complexity index is 520. The second-order valence-corrected chi connectivity index (χ2v) is 4.34. The topological polar surface area (TPSA) is 46.3 Å². The fourth-order valence-electron chi connectivity index (χ4n) is 1.78. The Kier molecular flexibility index (Phi) is 3.89. The van der Waals surface area contributed by atoms with Gasteiger partial charge in [-0.3, -0.25) is 14.7 Å². The number of hydrogen-bond acceptors (Lipinski definition) is 4. The first-order chi connectivity index (χ1) is 8.65. The monoisotopic (exact) mass is 244 g/mol. The minimum atomic E-state index is -0.0184. The number of aromatic nitrogens is 1. The van der Waals surface area contributed by atoms with Crippen molar-refractivity contribution in [3.63, 3.8) is 0 Å². The molecule has 2 aromatic heterocycles. The van der Waals surface area contributed by atoms with Crippen LogP contribution in [0.1, 0.15) is 21.9 Å². The molecule has 2 rings (SSSR count). The third kappa shape index (κ3) is 3.28. The molecule has 0 radical (unpaired) electrons. The lowest BCUT2D eigenvalue weighted by atomic mass is 10.2. The summed E-state index contributed by atoms with van der Waals surface area (Å²) in [7, 11) is 1.89. The second-order valence-electron chi connectivity index (χ2n) is 4.34. The van der Waals surface area contributed by atoms with Crippen LogP contribution in [0.3, 0.4) is 0 Å². The average molecular weight is 244 g/mol. The highest BCUT2D eigenvalue weighted by Crippen LogP contribution is 2.05. The fourth-order valence-corrected chi connectivity index (χ4v) is 1.78. The van der Waals surface area contributed by atoms with E-state index in [0.29, 0.717) is 18.8 Å². The van der Waals surface area contributed by atoms with E-state index in [2.05, 4.69) is 4.98 Å². The lowest BCUT2D eigenvalue weighted by molar-refractivity contribution is 0.0915. The normalized spacial score (nSPS) is 10.8. The zero-order valence-electron chi connectivity index (χ0n) is 10.6. The zero-order valence-corrected chi connectivity index (χ0v) is 10.6. The SMILES string of the molecule is Cc1cccc(CN(C)CC(=O)c2ccco2)n1. The maximum Gasteiger partial charge on any atom is 0.211 e.